The summed E-state index contributed by atoms with van der Waals surface area (Å²) in [5.41, 5.74) is 6.62. The lowest BCUT2D eigenvalue weighted by Crippen LogP contribution is -2.10. The second-order valence-corrected chi connectivity index (χ2v) is 5.75. The van der Waals surface area contributed by atoms with Gasteiger partial charge in [0, 0.05) is 10.1 Å². The molecule has 0 atom stereocenters. The van der Waals surface area contributed by atoms with Gasteiger partial charge in [-0.15, -0.1) is 11.8 Å². The van der Waals surface area contributed by atoms with E-state index in [1.165, 1.54) is 0 Å². The Labute approximate surface area is 111 Å². The van der Waals surface area contributed by atoms with Crippen LogP contribution in [0.3, 0.4) is 0 Å². The van der Waals surface area contributed by atoms with E-state index in [2.05, 4.69) is 13.8 Å². The molecule has 5 heteroatoms. The summed E-state index contributed by atoms with van der Waals surface area (Å²) in [4.78, 5) is 12.6. The minimum atomic E-state index is -0.471. The molecule has 17 heavy (non-hydrogen) atoms. The lowest BCUT2D eigenvalue weighted by Gasteiger charge is -2.13. The molecule has 1 aromatic carbocycles. The molecule has 0 saturated carbocycles. The number of nitrogen functional groups attached to an aromatic ring is 1. The van der Waals surface area contributed by atoms with Crippen LogP contribution >= 0.6 is 23.4 Å². The van der Waals surface area contributed by atoms with E-state index >= 15 is 0 Å². The summed E-state index contributed by atoms with van der Waals surface area (Å²) in [6.07, 6.45) is 0. The van der Waals surface area contributed by atoms with E-state index in [0.29, 0.717) is 22.6 Å². The largest absolute Gasteiger partial charge is 0.462 e. The molecule has 3 nitrogen and oxygen atoms in total. The number of rotatable bonds is 4. The van der Waals surface area contributed by atoms with E-state index in [1.807, 2.05) is 6.07 Å². The fraction of sp³-hybridized carbons (Fsp3) is 0.417. The molecule has 0 radical (unpaired) electrons. The quantitative estimate of drug-likeness (QED) is 0.517. The van der Waals surface area contributed by atoms with Gasteiger partial charge in [-0.25, -0.2) is 4.79 Å². The zero-order valence-corrected chi connectivity index (χ0v) is 11.7. The van der Waals surface area contributed by atoms with Crippen LogP contribution in [0.25, 0.3) is 0 Å². The highest BCUT2D eigenvalue weighted by atomic mass is 35.5. The van der Waals surface area contributed by atoms with Crippen LogP contribution in [-0.2, 0) is 4.74 Å². The summed E-state index contributed by atoms with van der Waals surface area (Å²) in [5.74, 6) is -0.471. The summed E-state index contributed by atoms with van der Waals surface area (Å²) in [6, 6.07) is 3.50. The van der Waals surface area contributed by atoms with Crippen molar-refractivity contribution in [2.24, 2.45) is 0 Å². The van der Waals surface area contributed by atoms with Crippen LogP contribution in [0.4, 0.5) is 5.69 Å². The number of nitrogens with two attached hydrogens (primary N) is 1. The Balaban J connectivity index is 3.15. The van der Waals surface area contributed by atoms with Gasteiger partial charge in [0.25, 0.3) is 0 Å². The SMILES string of the molecule is CCOC(=O)c1c(Cl)ccc(SC(C)C)c1N. The minimum Gasteiger partial charge on any atom is -0.462 e. The fourth-order valence-electron chi connectivity index (χ4n) is 1.34. The van der Waals surface area contributed by atoms with Gasteiger partial charge in [0.15, 0.2) is 0 Å². The van der Waals surface area contributed by atoms with Gasteiger partial charge in [-0.05, 0) is 19.1 Å². The number of thioether (sulfide) groups is 1. The molecule has 1 aromatic rings. The van der Waals surface area contributed by atoms with E-state index in [9.17, 15) is 4.79 Å². The first-order chi connectivity index (χ1) is 7.97. The van der Waals surface area contributed by atoms with Crippen molar-refractivity contribution in [2.45, 2.75) is 30.9 Å². The number of ether oxygens (including phenoxy) is 1. The van der Waals surface area contributed by atoms with Gasteiger partial charge in [-0.2, -0.15) is 0 Å². The van der Waals surface area contributed by atoms with Crippen molar-refractivity contribution in [3.63, 3.8) is 0 Å². The maximum atomic E-state index is 11.7. The van der Waals surface area contributed by atoms with Crippen molar-refractivity contribution in [1.29, 1.82) is 0 Å². The van der Waals surface area contributed by atoms with Crippen LogP contribution in [0.2, 0.25) is 5.02 Å². The van der Waals surface area contributed by atoms with Crippen molar-refractivity contribution in [1.82, 2.24) is 0 Å². The van der Waals surface area contributed by atoms with E-state index in [1.54, 1.807) is 24.8 Å². The summed E-state index contributed by atoms with van der Waals surface area (Å²) in [5, 5.41) is 0.711. The number of hydrogen-bond donors (Lipinski definition) is 1. The van der Waals surface area contributed by atoms with Crippen LogP contribution in [0, 0.1) is 0 Å². The van der Waals surface area contributed by atoms with Gasteiger partial charge in [-0.1, -0.05) is 25.4 Å². The number of benzene rings is 1. The molecule has 0 bridgehead atoms. The highest BCUT2D eigenvalue weighted by Crippen LogP contribution is 2.34. The average molecular weight is 274 g/mol. The van der Waals surface area contributed by atoms with Crippen molar-refractivity contribution in [2.75, 3.05) is 12.3 Å². The van der Waals surface area contributed by atoms with Gasteiger partial charge in [0.2, 0.25) is 0 Å². The first-order valence-electron chi connectivity index (χ1n) is 5.39. The summed E-state index contributed by atoms with van der Waals surface area (Å²) < 4.78 is 4.94. The van der Waals surface area contributed by atoms with Gasteiger partial charge in [0.05, 0.1) is 17.3 Å². The minimum absolute atomic E-state index is 0.263. The Hall–Kier alpha value is -0.870. The van der Waals surface area contributed by atoms with Crippen LogP contribution in [0.5, 0.6) is 0 Å². The summed E-state index contributed by atoms with van der Waals surface area (Å²) >= 11 is 7.57. The smallest absolute Gasteiger partial charge is 0.341 e. The number of carbonyl (C=O) groups excluding carboxylic acids is 1. The molecule has 0 fully saturated rings. The molecule has 0 aliphatic rings. The molecule has 0 heterocycles. The van der Waals surface area contributed by atoms with Crippen LogP contribution in [0.15, 0.2) is 17.0 Å². The van der Waals surface area contributed by atoms with Gasteiger partial charge >= 0.3 is 5.97 Å². The maximum Gasteiger partial charge on any atom is 0.341 e. The van der Waals surface area contributed by atoms with Crippen molar-refractivity contribution >= 4 is 35.0 Å². The molecular formula is C12H16ClNO2S. The molecule has 0 saturated heterocycles. The highest BCUT2D eigenvalue weighted by molar-refractivity contribution is 8.00. The number of carbonyl (C=O) groups is 1. The molecular weight excluding hydrogens is 258 g/mol. The lowest BCUT2D eigenvalue weighted by atomic mass is 10.2. The van der Waals surface area contributed by atoms with Crippen molar-refractivity contribution in [3.05, 3.63) is 22.7 Å². The topological polar surface area (TPSA) is 52.3 Å². The van der Waals surface area contributed by atoms with Gasteiger partial charge in [0.1, 0.15) is 5.56 Å². The van der Waals surface area contributed by atoms with Crippen molar-refractivity contribution in [3.8, 4) is 0 Å². The number of esters is 1. The molecule has 94 valence electrons. The Bertz CT molecular complexity index is 421. The molecule has 0 aromatic heterocycles. The van der Waals surface area contributed by atoms with E-state index in [-0.39, 0.29) is 5.56 Å². The first kappa shape index (κ1) is 14.2. The van der Waals surface area contributed by atoms with Gasteiger partial charge < -0.3 is 10.5 Å². The zero-order chi connectivity index (χ0) is 13.0. The first-order valence-corrected chi connectivity index (χ1v) is 6.64. The molecule has 0 aliphatic carbocycles. The number of anilines is 1. The predicted octanol–water partition coefficient (Wildman–Crippen LogP) is 3.60. The molecule has 1 rings (SSSR count). The van der Waals surface area contributed by atoms with Gasteiger partial charge in [-0.3, -0.25) is 0 Å². The second kappa shape index (κ2) is 6.17. The van der Waals surface area contributed by atoms with E-state index < -0.39 is 5.97 Å². The van der Waals surface area contributed by atoms with Crippen LogP contribution in [-0.4, -0.2) is 17.8 Å². The van der Waals surface area contributed by atoms with Crippen LogP contribution < -0.4 is 5.73 Å². The normalized spacial score (nSPS) is 10.6. The Morgan fingerprint density at radius 1 is 1.53 bits per heavy atom. The van der Waals surface area contributed by atoms with Crippen molar-refractivity contribution < 1.29 is 9.53 Å². The highest BCUT2D eigenvalue weighted by Gasteiger charge is 2.18. The number of halogens is 1. The standard InChI is InChI=1S/C12H16ClNO2S/c1-4-16-12(15)10-8(13)5-6-9(11(10)14)17-7(2)3/h5-7H,4,14H2,1-3H3. The van der Waals surface area contributed by atoms with Crippen LogP contribution in [0.1, 0.15) is 31.1 Å². The Morgan fingerprint density at radius 3 is 2.71 bits per heavy atom. The third kappa shape index (κ3) is 3.54. The molecule has 0 amide bonds. The van der Waals surface area contributed by atoms with E-state index in [4.69, 9.17) is 22.1 Å². The Kier molecular flexibility index (Phi) is 5.15. The molecule has 0 unspecified atom stereocenters. The summed E-state index contributed by atoms with van der Waals surface area (Å²) in [7, 11) is 0. The Morgan fingerprint density at radius 2 is 2.18 bits per heavy atom. The third-order valence-electron chi connectivity index (χ3n) is 2.00. The third-order valence-corrected chi connectivity index (χ3v) is 3.39. The second-order valence-electron chi connectivity index (χ2n) is 3.72. The molecule has 2 N–H and O–H groups in total. The predicted molar refractivity (Wildman–Crippen MR) is 72.8 cm³/mol. The zero-order valence-electron chi connectivity index (χ0n) is 10.1. The monoisotopic (exact) mass is 273 g/mol. The maximum absolute atomic E-state index is 11.7. The molecule has 0 spiro atoms. The van der Waals surface area contributed by atoms with E-state index in [0.717, 1.165) is 4.90 Å². The summed E-state index contributed by atoms with van der Waals surface area (Å²) in [6.45, 7) is 6.16. The average Bonchev–Trinajstić information content (AvgIpc) is 2.22. The number of hydrogen-bond acceptors (Lipinski definition) is 4. The molecule has 0 aliphatic heterocycles. The fourth-order valence-corrected chi connectivity index (χ4v) is 2.47. The lowest BCUT2D eigenvalue weighted by molar-refractivity contribution is 0.0527.